The molecule has 2 aromatic carbocycles. The average molecular weight is 388 g/mol. The standard InChI is InChI=1S/C19H20N2O5S/c1-3-25-18(23)13-8-10-14(11-9-13)20-19(27)21-17(22)12-26-16-7-5-4-6-15(16)24-2/h4-11H,3,12H2,1-2H3,(H2,20,21,22,27). The molecule has 2 N–H and O–H groups in total. The number of rotatable bonds is 7. The first-order valence-corrected chi connectivity index (χ1v) is 8.58. The number of anilines is 1. The summed E-state index contributed by atoms with van der Waals surface area (Å²) in [5.41, 5.74) is 1.06. The lowest BCUT2D eigenvalue weighted by atomic mass is 10.2. The lowest BCUT2D eigenvalue weighted by molar-refractivity contribution is -0.121. The molecule has 142 valence electrons. The number of carbonyl (C=O) groups excluding carboxylic acids is 2. The van der Waals surface area contributed by atoms with Crippen LogP contribution >= 0.6 is 12.2 Å². The van der Waals surface area contributed by atoms with Gasteiger partial charge in [0.25, 0.3) is 5.91 Å². The molecule has 0 aromatic heterocycles. The van der Waals surface area contributed by atoms with Crippen molar-refractivity contribution in [2.24, 2.45) is 0 Å². The van der Waals surface area contributed by atoms with Crippen LogP contribution in [0, 0.1) is 0 Å². The van der Waals surface area contributed by atoms with Crippen LogP contribution in [0.5, 0.6) is 11.5 Å². The van der Waals surface area contributed by atoms with E-state index in [2.05, 4.69) is 10.6 Å². The molecule has 1 amide bonds. The van der Waals surface area contributed by atoms with Crippen molar-refractivity contribution in [3.63, 3.8) is 0 Å². The molecule has 0 spiro atoms. The summed E-state index contributed by atoms with van der Waals surface area (Å²) in [6.07, 6.45) is 0. The summed E-state index contributed by atoms with van der Waals surface area (Å²) < 4.78 is 15.5. The van der Waals surface area contributed by atoms with Crippen LogP contribution in [-0.2, 0) is 9.53 Å². The molecule has 0 aliphatic carbocycles. The van der Waals surface area contributed by atoms with Gasteiger partial charge in [-0.2, -0.15) is 0 Å². The molecule has 2 rings (SSSR count). The van der Waals surface area contributed by atoms with Crippen molar-refractivity contribution >= 4 is 34.9 Å². The topological polar surface area (TPSA) is 85.9 Å². The fraction of sp³-hybridized carbons (Fsp3) is 0.211. The molecular weight excluding hydrogens is 368 g/mol. The minimum absolute atomic E-state index is 0.118. The molecule has 0 fully saturated rings. The Morgan fingerprint density at radius 3 is 2.33 bits per heavy atom. The van der Waals surface area contributed by atoms with Crippen molar-refractivity contribution in [3.05, 3.63) is 54.1 Å². The number of para-hydroxylation sites is 2. The highest BCUT2D eigenvalue weighted by molar-refractivity contribution is 7.80. The van der Waals surface area contributed by atoms with Gasteiger partial charge in [-0.1, -0.05) is 12.1 Å². The van der Waals surface area contributed by atoms with Gasteiger partial charge in [0.2, 0.25) is 0 Å². The molecule has 7 nitrogen and oxygen atoms in total. The maximum atomic E-state index is 12.0. The van der Waals surface area contributed by atoms with E-state index in [1.165, 1.54) is 7.11 Å². The maximum absolute atomic E-state index is 12.0. The molecule has 2 aromatic rings. The Hall–Kier alpha value is -3.13. The average Bonchev–Trinajstić information content (AvgIpc) is 2.67. The molecule has 0 bridgehead atoms. The smallest absolute Gasteiger partial charge is 0.338 e. The highest BCUT2D eigenvalue weighted by Gasteiger charge is 2.10. The number of nitrogens with one attached hydrogen (secondary N) is 2. The van der Waals surface area contributed by atoms with Gasteiger partial charge in [0.1, 0.15) is 0 Å². The fourth-order valence-corrected chi connectivity index (χ4v) is 2.34. The van der Waals surface area contributed by atoms with E-state index in [-0.39, 0.29) is 11.7 Å². The van der Waals surface area contributed by atoms with E-state index < -0.39 is 11.9 Å². The second kappa shape index (κ2) is 10.1. The minimum Gasteiger partial charge on any atom is -0.493 e. The minimum atomic E-state index is -0.415. The van der Waals surface area contributed by atoms with Gasteiger partial charge in [-0.05, 0) is 55.5 Å². The van der Waals surface area contributed by atoms with E-state index in [1.807, 2.05) is 0 Å². The SMILES string of the molecule is CCOC(=O)c1ccc(NC(=S)NC(=O)COc2ccccc2OC)cc1. The number of ether oxygens (including phenoxy) is 3. The largest absolute Gasteiger partial charge is 0.493 e. The summed E-state index contributed by atoms with van der Waals surface area (Å²) >= 11 is 5.10. The predicted octanol–water partition coefficient (Wildman–Crippen LogP) is 2.76. The number of methoxy groups -OCH3 is 1. The third-order valence-corrected chi connectivity index (χ3v) is 3.54. The van der Waals surface area contributed by atoms with Crippen molar-refractivity contribution in [3.8, 4) is 11.5 Å². The fourth-order valence-electron chi connectivity index (χ4n) is 2.11. The zero-order valence-electron chi connectivity index (χ0n) is 15.0. The normalized spacial score (nSPS) is 9.85. The Morgan fingerprint density at radius 2 is 1.70 bits per heavy atom. The van der Waals surface area contributed by atoms with Crippen LogP contribution in [0.25, 0.3) is 0 Å². The van der Waals surface area contributed by atoms with Gasteiger partial charge in [-0.15, -0.1) is 0 Å². The molecule has 0 radical (unpaired) electrons. The lowest BCUT2D eigenvalue weighted by Crippen LogP contribution is -2.37. The van der Waals surface area contributed by atoms with Gasteiger partial charge in [0.05, 0.1) is 19.3 Å². The Kier molecular flexibility index (Phi) is 7.57. The third kappa shape index (κ3) is 6.27. The maximum Gasteiger partial charge on any atom is 0.338 e. The first-order valence-electron chi connectivity index (χ1n) is 8.17. The van der Waals surface area contributed by atoms with Crippen LogP contribution < -0.4 is 20.1 Å². The van der Waals surface area contributed by atoms with Crippen LogP contribution in [-0.4, -0.2) is 37.3 Å². The lowest BCUT2D eigenvalue weighted by Gasteiger charge is -2.12. The van der Waals surface area contributed by atoms with E-state index >= 15 is 0 Å². The van der Waals surface area contributed by atoms with E-state index in [1.54, 1.807) is 55.5 Å². The number of carbonyl (C=O) groups is 2. The van der Waals surface area contributed by atoms with Crippen molar-refractivity contribution in [2.45, 2.75) is 6.92 Å². The van der Waals surface area contributed by atoms with Crippen molar-refractivity contribution in [1.29, 1.82) is 0 Å². The summed E-state index contributed by atoms with van der Waals surface area (Å²) in [6, 6.07) is 13.6. The number of hydrogen-bond donors (Lipinski definition) is 2. The summed E-state index contributed by atoms with van der Waals surface area (Å²) in [4.78, 5) is 23.6. The van der Waals surface area contributed by atoms with Crippen molar-refractivity contribution in [1.82, 2.24) is 5.32 Å². The van der Waals surface area contributed by atoms with E-state index in [0.29, 0.717) is 29.4 Å². The molecule has 0 aliphatic heterocycles. The van der Waals surface area contributed by atoms with E-state index in [0.717, 1.165) is 0 Å². The third-order valence-electron chi connectivity index (χ3n) is 3.33. The first kappa shape index (κ1) is 20.2. The van der Waals surface area contributed by atoms with Crippen LogP contribution in [0.4, 0.5) is 5.69 Å². The number of hydrogen-bond acceptors (Lipinski definition) is 6. The van der Waals surface area contributed by atoms with Crippen molar-refractivity contribution < 1.29 is 23.8 Å². The molecule has 27 heavy (non-hydrogen) atoms. The number of thiocarbonyl (C=S) groups is 1. The highest BCUT2D eigenvalue weighted by Crippen LogP contribution is 2.25. The quantitative estimate of drug-likeness (QED) is 0.557. The van der Waals surface area contributed by atoms with Crippen LogP contribution in [0.15, 0.2) is 48.5 Å². The molecule has 0 aliphatic rings. The summed E-state index contributed by atoms with van der Waals surface area (Å²) in [5.74, 6) is 0.186. The molecule has 8 heteroatoms. The Balaban J connectivity index is 1.82. The zero-order valence-corrected chi connectivity index (χ0v) is 15.8. The molecular formula is C19H20N2O5S. The van der Waals surface area contributed by atoms with Gasteiger partial charge in [0.15, 0.2) is 23.2 Å². The number of amides is 1. The van der Waals surface area contributed by atoms with Gasteiger partial charge < -0.3 is 19.5 Å². The predicted molar refractivity (Wildman–Crippen MR) is 105 cm³/mol. The zero-order chi connectivity index (χ0) is 19.6. The Bertz CT molecular complexity index is 808. The molecule has 0 atom stereocenters. The number of esters is 1. The van der Waals surface area contributed by atoms with Gasteiger partial charge in [0, 0.05) is 5.69 Å². The van der Waals surface area contributed by atoms with Crippen LogP contribution in [0.3, 0.4) is 0 Å². The first-order chi connectivity index (χ1) is 13.0. The summed E-state index contributed by atoms with van der Waals surface area (Å²) in [5, 5.41) is 5.49. The molecule has 0 saturated heterocycles. The molecule has 0 unspecified atom stereocenters. The van der Waals surface area contributed by atoms with E-state index in [9.17, 15) is 9.59 Å². The monoisotopic (exact) mass is 388 g/mol. The van der Waals surface area contributed by atoms with Gasteiger partial charge in [-0.3, -0.25) is 10.1 Å². The highest BCUT2D eigenvalue weighted by atomic mass is 32.1. The van der Waals surface area contributed by atoms with Gasteiger partial charge >= 0.3 is 5.97 Å². The van der Waals surface area contributed by atoms with Crippen LogP contribution in [0.1, 0.15) is 17.3 Å². The second-order valence-electron chi connectivity index (χ2n) is 5.24. The number of benzene rings is 2. The second-order valence-corrected chi connectivity index (χ2v) is 5.65. The Labute approximate surface area is 162 Å². The summed E-state index contributed by atoms with van der Waals surface area (Å²) in [7, 11) is 1.52. The van der Waals surface area contributed by atoms with E-state index in [4.69, 9.17) is 26.4 Å². The summed E-state index contributed by atoms with van der Waals surface area (Å²) in [6.45, 7) is 1.84. The van der Waals surface area contributed by atoms with Gasteiger partial charge in [-0.25, -0.2) is 4.79 Å². The molecule has 0 heterocycles. The van der Waals surface area contributed by atoms with Crippen LogP contribution in [0.2, 0.25) is 0 Å². The Morgan fingerprint density at radius 1 is 1.04 bits per heavy atom. The molecule has 0 saturated carbocycles. The van der Waals surface area contributed by atoms with Crippen molar-refractivity contribution in [2.75, 3.05) is 25.6 Å².